The van der Waals surface area contributed by atoms with Crippen molar-refractivity contribution in [3.63, 3.8) is 0 Å². The molecule has 2 N–H and O–H groups in total. The fourth-order valence-corrected chi connectivity index (χ4v) is 7.79. The number of nitrogens with zero attached hydrogens (tertiary/aromatic N) is 5. The molecule has 13 heteroatoms. The molecule has 2 saturated heterocycles. The highest BCUT2D eigenvalue weighted by Crippen LogP contribution is 2.40. The molecule has 7 nitrogen and oxygen atoms in total. The summed E-state index contributed by atoms with van der Waals surface area (Å²) in [6, 6.07) is 10.0. The summed E-state index contributed by atoms with van der Waals surface area (Å²) in [4.78, 5) is 8.14. The van der Waals surface area contributed by atoms with E-state index in [1.54, 1.807) is 0 Å². The van der Waals surface area contributed by atoms with Gasteiger partial charge in [-0.3, -0.25) is 14.6 Å². The molecule has 2 aromatic heterocycles. The maximum Gasteiger partial charge on any atom is 0.417 e. The van der Waals surface area contributed by atoms with Crippen LogP contribution in [0.2, 0.25) is 0 Å². The van der Waals surface area contributed by atoms with Gasteiger partial charge in [0.2, 0.25) is 0 Å². The summed E-state index contributed by atoms with van der Waals surface area (Å²) in [6.45, 7) is 4.22. The first kappa shape index (κ1) is 32.4. The van der Waals surface area contributed by atoms with Crippen molar-refractivity contribution in [2.75, 3.05) is 45.0 Å². The van der Waals surface area contributed by atoms with Gasteiger partial charge in [0, 0.05) is 84.4 Å². The first-order valence-electron chi connectivity index (χ1n) is 15.6. The van der Waals surface area contributed by atoms with E-state index in [2.05, 4.69) is 21.3 Å². The zero-order chi connectivity index (χ0) is 31.6. The molecule has 0 bridgehead atoms. The van der Waals surface area contributed by atoms with Crippen LogP contribution in [-0.2, 0) is 25.7 Å². The third-order valence-corrected chi connectivity index (χ3v) is 10.1. The zero-order valence-corrected chi connectivity index (χ0v) is 25.8. The number of aliphatic hydroxyl groups excluding tert-OH is 1. The van der Waals surface area contributed by atoms with Gasteiger partial charge in [-0.05, 0) is 56.6 Å². The van der Waals surface area contributed by atoms with E-state index in [0.717, 1.165) is 67.3 Å². The first-order valence-corrected chi connectivity index (χ1v) is 16.6. The molecule has 45 heavy (non-hydrogen) atoms. The molecule has 0 saturated carbocycles. The van der Waals surface area contributed by atoms with Gasteiger partial charge in [-0.25, -0.2) is 8.78 Å². The molecule has 0 amide bonds. The Kier molecular flexibility index (Phi) is 10.1. The second-order valence-electron chi connectivity index (χ2n) is 12.1. The Balaban J connectivity index is 1.15. The number of rotatable bonds is 10. The van der Waals surface area contributed by atoms with Gasteiger partial charge in [-0.15, -0.1) is 11.8 Å². The molecule has 1 aromatic carbocycles. The minimum atomic E-state index is -4.56. The molecule has 5 heterocycles. The van der Waals surface area contributed by atoms with Crippen molar-refractivity contribution < 1.29 is 27.1 Å². The number of aliphatic hydroxyl groups is 1. The Morgan fingerprint density at radius 2 is 1.87 bits per heavy atom. The number of hydrogen-bond donors (Lipinski definition) is 2. The van der Waals surface area contributed by atoms with Crippen LogP contribution in [0.15, 0.2) is 47.5 Å². The first-order chi connectivity index (χ1) is 21.7. The molecule has 0 radical (unpaired) electrons. The second kappa shape index (κ2) is 14.0. The molecule has 3 aliphatic rings. The van der Waals surface area contributed by atoms with E-state index >= 15 is 0 Å². The van der Waals surface area contributed by atoms with Crippen LogP contribution in [0.1, 0.15) is 47.7 Å². The van der Waals surface area contributed by atoms with E-state index in [9.17, 15) is 27.1 Å². The van der Waals surface area contributed by atoms with Gasteiger partial charge in [0.05, 0.1) is 23.9 Å². The van der Waals surface area contributed by atoms with Gasteiger partial charge in [-0.1, -0.05) is 12.1 Å². The topological polar surface area (TPSA) is 69.5 Å². The van der Waals surface area contributed by atoms with Crippen molar-refractivity contribution in [1.82, 2.24) is 29.9 Å². The maximum absolute atomic E-state index is 14.0. The lowest BCUT2D eigenvalue weighted by Gasteiger charge is -2.33. The number of benzene rings is 1. The number of likely N-dealkylation sites (tertiary alicyclic amines) is 2. The predicted molar refractivity (Wildman–Crippen MR) is 163 cm³/mol. The van der Waals surface area contributed by atoms with Crippen LogP contribution in [0.5, 0.6) is 0 Å². The third kappa shape index (κ3) is 7.54. The molecule has 3 aliphatic heterocycles. The SMILES string of the molecule is OC(CN1CCC(c2ccccn2)CC1)Cn1nc(-c2ccc(C(F)(F)F)c(SCCN3CCC(F)C3F)c2)c2c1CCNC2. The molecule has 0 spiro atoms. The lowest BCUT2D eigenvalue weighted by Crippen LogP contribution is -2.40. The van der Waals surface area contributed by atoms with E-state index in [-0.39, 0.29) is 30.2 Å². The summed E-state index contributed by atoms with van der Waals surface area (Å²) in [6.07, 6.45) is -3.91. The minimum Gasteiger partial charge on any atom is -0.390 e. The summed E-state index contributed by atoms with van der Waals surface area (Å²) >= 11 is 0.995. The van der Waals surface area contributed by atoms with Crippen molar-refractivity contribution in [3.8, 4) is 11.3 Å². The van der Waals surface area contributed by atoms with Crippen LogP contribution in [0.25, 0.3) is 11.3 Å². The lowest BCUT2D eigenvalue weighted by molar-refractivity contribution is -0.139. The quantitative estimate of drug-likeness (QED) is 0.176. The Bertz CT molecular complexity index is 1430. The Morgan fingerprint density at radius 3 is 2.58 bits per heavy atom. The van der Waals surface area contributed by atoms with E-state index < -0.39 is 30.3 Å². The van der Waals surface area contributed by atoms with Crippen LogP contribution in [0.3, 0.4) is 0 Å². The normalized spacial score (nSPS) is 22.5. The van der Waals surface area contributed by atoms with Crippen LogP contribution in [0, 0.1) is 0 Å². The van der Waals surface area contributed by atoms with Gasteiger partial charge in [0.1, 0.15) is 6.17 Å². The number of halogens is 5. The summed E-state index contributed by atoms with van der Waals surface area (Å²) in [5.41, 5.74) is 3.41. The largest absolute Gasteiger partial charge is 0.417 e. The van der Waals surface area contributed by atoms with Crippen molar-refractivity contribution in [2.45, 2.75) is 74.3 Å². The molecule has 2 fully saturated rings. The Morgan fingerprint density at radius 1 is 1.04 bits per heavy atom. The second-order valence-corrected chi connectivity index (χ2v) is 13.3. The van der Waals surface area contributed by atoms with Crippen LogP contribution in [-0.4, -0.2) is 93.3 Å². The summed E-state index contributed by atoms with van der Waals surface area (Å²) in [5, 5.41) is 19.3. The fourth-order valence-electron chi connectivity index (χ4n) is 6.70. The predicted octanol–water partition coefficient (Wildman–Crippen LogP) is 5.28. The summed E-state index contributed by atoms with van der Waals surface area (Å²) < 4.78 is 71.3. The molecule has 244 valence electrons. The number of fused-ring (bicyclic) bond motifs is 1. The standard InChI is InChI=1S/C32H39F5N6OS/c33-26-9-14-42(31(26)34)15-16-45-29-17-22(4-5-25(29)32(35,36)37)30-24-18-38-11-6-28(24)43(40-30)20-23(44)19-41-12-7-21(8-13-41)27-3-1-2-10-39-27/h1-5,10,17,21,23,26,31,38,44H,6-9,11-16,18-20H2. The van der Waals surface area contributed by atoms with Crippen molar-refractivity contribution in [3.05, 3.63) is 65.1 Å². The number of piperidine rings is 1. The highest BCUT2D eigenvalue weighted by atomic mass is 32.2. The highest BCUT2D eigenvalue weighted by Gasteiger charge is 2.36. The molecular formula is C32H39F5N6OS. The van der Waals surface area contributed by atoms with E-state index in [4.69, 9.17) is 5.10 Å². The smallest absolute Gasteiger partial charge is 0.390 e. The van der Waals surface area contributed by atoms with Crippen LogP contribution >= 0.6 is 11.8 Å². The van der Waals surface area contributed by atoms with Gasteiger partial charge in [0.25, 0.3) is 0 Å². The molecule has 0 aliphatic carbocycles. The summed E-state index contributed by atoms with van der Waals surface area (Å²) in [5.74, 6) is 0.613. The number of β-amino-alcohol motifs (C(OH)–C–C–N with tert-alkyl or cyclic N) is 1. The van der Waals surface area contributed by atoms with E-state index in [1.807, 2.05) is 23.0 Å². The number of hydrogen-bond acceptors (Lipinski definition) is 7. The molecule has 6 rings (SSSR count). The zero-order valence-electron chi connectivity index (χ0n) is 25.0. The molecule has 3 unspecified atom stereocenters. The molecule has 3 atom stereocenters. The van der Waals surface area contributed by atoms with Crippen LogP contribution < -0.4 is 5.32 Å². The van der Waals surface area contributed by atoms with Gasteiger partial charge >= 0.3 is 6.18 Å². The average molecular weight is 651 g/mol. The third-order valence-electron chi connectivity index (χ3n) is 9.09. The number of pyridine rings is 1. The minimum absolute atomic E-state index is 0.0348. The fraction of sp³-hybridized carbons (Fsp3) is 0.562. The Hall–Kier alpha value is -2.58. The van der Waals surface area contributed by atoms with Crippen molar-refractivity contribution >= 4 is 11.8 Å². The van der Waals surface area contributed by atoms with Crippen molar-refractivity contribution in [1.29, 1.82) is 0 Å². The highest BCUT2D eigenvalue weighted by molar-refractivity contribution is 7.99. The molecule has 3 aromatic rings. The summed E-state index contributed by atoms with van der Waals surface area (Å²) in [7, 11) is 0. The van der Waals surface area contributed by atoms with Crippen LogP contribution in [0.4, 0.5) is 22.0 Å². The average Bonchev–Trinajstić information content (AvgIpc) is 3.56. The number of thioether (sulfide) groups is 1. The number of alkyl halides is 5. The molecular weight excluding hydrogens is 611 g/mol. The van der Waals surface area contributed by atoms with Crippen molar-refractivity contribution in [2.24, 2.45) is 0 Å². The van der Waals surface area contributed by atoms with Gasteiger partial charge in [0.15, 0.2) is 6.30 Å². The number of aromatic nitrogens is 3. The van der Waals surface area contributed by atoms with Gasteiger partial charge < -0.3 is 15.3 Å². The maximum atomic E-state index is 14.0. The Labute approximate surface area is 264 Å². The lowest BCUT2D eigenvalue weighted by atomic mass is 9.93. The van der Waals surface area contributed by atoms with E-state index in [0.29, 0.717) is 43.2 Å². The van der Waals surface area contributed by atoms with E-state index in [1.165, 1.54) is 17.0 Å². The monoisotopic (exact) mass is 650 g/mol. The van der Waals surface area contributed by atoms with Gasteiger partial charge in [-0.2, -0.15) is 18.3 Å². The number of nitrogens with one attached hydrogen (secondary N) is 1.